The molecule has 0 aliphatic heterocycles. The van der Waals surface area contributed by atoms with Crippen LogP contribution >= 0.6 is 0 Å². The maximum Gasteiger partial charge on any atom is 0.313 e. The number of hydrogen-bond acceptors (Lipinski definition) is 9. The largest absolute Gasteiger partial charge is 0.481 e. The Balaban J connectivity index is 1.52. The van der Waals surface area contributed by atoms with Crippen molar-refractivity contribution >= 4 is 39.0 Å². The van der Waals surface area contributed by atoms with Crippen molar-refractivity contribution in [2.75, 3.05) is 10.0 Å². The van der Waals surface area contributed by atoms with Crippen LogP contribution in [0.15, 0.2) is 90.0 Å². The van der Waals surface area contributed by atoms with E-state index in [9.17, 15) is 33.5 Å². The highest BCUT2D eigenvalue weighted by atomic mass is 32.2. The molecule has 4 rings (SSSR count). The van der Waals surface area contributed by atoms with Gasteiger partial charge in [-0.15, -0.1) is 0 Å². The van der Waals surface area contributed by atoms with Gasteiger partial charge in [-0.2, -0.15) is 4.98 Å². The summed E-state index contributed by atoms with van der Waals surface area (Å²) in [5.74, 6) is -2.70. The maximum atomic E-state index is 12.7. The van der Waals surface area contributed by atoms with E-state index in [4.69, 9.17) is 0 Å². The zero-order valence-electron chi connectivity index (χ0n) is 19.9. The molecule has 0 radical (unpaired) electrons. The van der Waals surface area contributed by atoms with Gasteiger partial charge in [0.15, 0.2) is 0 Å². The van der Waals surface area contributed by atoms with Gasteiger partial charge >= 0.3 is 5.97 Å². The molecule has 1 heterocycles. The molecule has 3 atom stereocenters. The monoisotopic (exact) mass is 537 g/mol. The van der Waals surface area contributed by atoms with Crippen LogP contribution in [0, 0.1) is 16.0 Å². The van der Waals surface area contributed by atoms with E-state index in [-0.39, 0.29) is 22.3 Å². The van der Waals surface area contributed by atoms with Crippen LogP contribution in [0.5, 0.6) is 0 Å². The number of benzene rings is 2. The van der Waals surface area contributed by atoms with Gasteiger partial charge in [0, 0.05) is 18.3 Å². The lowest BCUT2D eigenvalue weighted by molar-refractivity contribution is -0.384. The SMILES string of the molecule is CC(Nc1nccc(NS(=O)(=O)c2ccc([N+](=O)[O-])cc2)n1)C1(O)C=CC(c2ccccc2)=C[C@@H]1C(=O)O. The molecule has 0 bridgehead atoms. The van der Waals surface area contributed by atoms with Crippen LogP contribution < -0.4 is 10.0 Å². The quantitative estimate of drug-likeness (QED) is 0.233. The number of non-ortho nitro benzene ring substituents is 1. The number of aliphatic hydroxyl groups is 1. The van der Waals surface area contributed by atoms with E-state index in [0.717, 1.165) is 29.8 Å². The molecule has 0 saturated carbocycles. The van der Waals surface area contributed by atoms with Crippen molar-refractivity contribution in [2.45, 2.75) is 23.5 Å². The molecular formula is C25H23N5O7S. The number of aliphatic carboxylic acids is 1. The Labute approximate surface area is 217 Å². The number of sulfonamides is 1. The van der Waals surface area contributed by atoms with Crippen LogP contribution in [0.3, 0.4) is 0 Å². The number of allylic oxidation sites excluding steroid dienone is 2. The first kappa shape index (κ1) is 26.4. The van der Waals surface area contributed by atoms with Crippen LogP contribution in [-0.2, 0) is 14.8 Å². The number of nitrogens with one attached hydrogen (secondary N) is 2. The van der Waals surface area contributed by atoms with Crippen molar-refractivity contribution in [1.29, 1.82) is 0 Å². The van der Waals surface area contributed by atoms with Gasteiger partial charge in [-0.1, -0.05) is 42.5 Å². The molecule has 1 aromatic heterocycles. The normalized spacial score (nSPS) is 19.7. The third kappa shape index (κ3) is 5.53. The molecule has 196 valence electrons. The summed E-state index contributed by atoms with van der Waals surface area (Å²) in [5.41, 5.74) is -0.670. The molecule has 1 aliphatic rings. The molecule has 12 nitrogen and oxygen atoms in total. The molecule has 0 spiro atoms. The van der Waals surface area contributed by atoms with Gasteiger partial charge in [0.1, 0.15) is 17.3 Å². The van der Waals surface area contributed by atoms with Crippen LogP contribution in [0.4, 0.5) is 17.5 Å². The van der Waals surface area contributed by atoms with Crippen molar-refractivity contribution in [3.8, 4) is 0 Å². The van der Waals surface area contributed by atoms with Gasteiger partial charge in [0.25, 0.3) is 15.7 Å². The molecule has 2 unspecified atom stereocenters. The second kappa shape index (κ2) is 10.4. The summed E-state index contributed by atoms with van der Waals surface area (Å²) >= 11 is 0. The highest BCUT2D eigenvalue weighted by Crippen LogP contribution is 2.35. The lowest BCUT2D eigenvalue weighted by Gasteiger charge is -2.37. The van der Waals surface area contributed by atoms with Crippen molar-refractivity contribution < 1.29 is 28.3 Å². The van der Waals surface area contributed by atoms with Crippen LogP contribution in [0.1, 0.15) is 12.5 Å². The predicted molar refractivity (Wildman–Crippen MR) is 139 cm³/mol. The summed E-state index contributed by atoms with van der Waals surface area (Å²) < 4.78 is 27.7. The zero-order valence-corrected chi connectivity index (χ0v) is 20.7. The Bertz CT molecular complexity index is 1530. The summed E-state index contributed by atoms with van der Waals surface area (Å²) in [5, 5.41) is 34.9. The number of anilines is 2. The molecule has 0 fully saturated rings. The van der Waals surface area contributed by atoms with Crippen LogP contribution in [0.2, 0.25) is 0 Å². The van der Waals surface area contributed by atoms with Crippen molar-refractivity contribution in [1.82, 2.24) is 9.97 Å². The number of carboxylic acid groups (broad SMARTS) is 1. The molecule has 1 aliphatic carbocycles. The van der Waals surface area contributed by atoms with Gasteiger partial charge in [-0.3, -0.25) is 19.6 Å². The van der Waals surface area contributed by atoms with E-state index in [1.165, 1.54) is 24.4 Å². The lowest BCUT2D eigenvalue weighted by atomic mass is 9.76. The standard InChI is InChI=1S/C25H23N5O7S/c1-16(25(33)13-11-18(15-21(25)23(31)32)17-5-3-2-4-6-17)27-24-26-14-12-22(28-24)29-38(36,37)20-9-7-19(8-10-20)30(34)35/h2-16,21,33H,1H3,(H,31,32)(H2,26,27,28,29)/t16?,21-,25?/m1/s1. The number of nitrogens with zero attached hydrogens (tertiary/aromatic N) is 3. The molecule has 4 N–H and O–H groups in total. The summed E-state index contributed by atoms with van der Waals surface area (Å²) in [6, 6.07) is 13.9. The number of nitro benzene ring substituents is 1. The lowest BCUT2D eigenvalue weighted by Crippen LogP contribution is -2.52. The van der Waals surface area contributed by atoms with Crippen molar-refractivity contribution in [2.24, 2.45) is 5.92 Å². The van der Waals surface area contributed by atoms with E-state index < -0.39 is 38.5 Å². The summed E-state index contributed by atoms with van der Waals surface area (Å²) in [6.45, 7) is 1.55. The highest BCUT2D eigenvalue weighted by molar-refractivity contribution is 7.92. The summed E-state index contributed by atoms with van der Waals surface area (Å²) in [7, 11) is -4.12. The number of hydrogen-bond donors (Lipinski definition) is 4. The molecule has 0 amide bonds. The maximum absolute atomic E-state index is 12.7. The minimum absolute atomic E-state index is 0.0646. The highest BCUT2D eigenvalue weighted by Gasteiger charge is 2.45. The molecule has 3 aromatic rings. The van der Waals surface area contributed by atoms with Crippen molar-refractivity contribution in [3.63, 3.8) is 0 Å². The second-order valence-corrected chi connectivity index (χ2v) is 10.2. The second-order valence-electron chi connectivity index (χ2n) is 8.51. The third-order valence-corrected chi connectivity index (χ3v) is 7.41. The molecule has 13 heteroatoms. The number of aromatic nitrogens is 2. The van der Waals surface area contributed by atoms with Crippen LogP contribution in [-0.4, -0.2) is 51.1 Å². The Hall–Kier alpha value is -4.62. The smallest absolute Gasteiger partial charge is 0.313 e. The fourth-order valence-corrected chi connectivity index (χ4v) is 4.94. The molecule has 0 saturated heterocycles. The number of carbonyl (C=O) groups is 1. The van der Waals surface area contributed by atoms with Gasteiger partial charge in [0.05, 0.1) is 15.9 Å². The third-order valence-electron chi connectivity index (χ3n) is 6.04. The van der Waals surface area contributed by atoms with Crippen molar-refractivity contribution in [3.05, 3.63) is 101 Å². The summed E-state index contributed by atoms with van der Waals surface area (Å²) in [6.07, 6.45) is 5.81. The Morgan fingerprint density at radius 2 is 1.82 bits per heavy atom. The molecule has 2 aromatic carbocycles. The fourth-order valence-electron chi connectivity index (χ4n) is 3.94. The van der Waals surface area contributed by atoms with E-state index in [2.05, 4.69) is 20.0 Å². The zero-order chi connectivity index (χ0) is 27.5. The molecular weight excluding hydrogens is 514 g/mol. The minimum Gasteiger partial charge on any atom is -0.481 e. The van der Waals surface area contributed by atoms with E-state index in [1.54, 1.807) is 13.0 Å². The van der Waals surface area contributed by atoms with E-state index in [0.29, 0.717) is 5.57 Å². The first-order valence-corrected chi connectivity index (χ1v) is 12.8. The summed E-state index contributed by atoms with van der Waals surface area (Å²) in [4.78, 5) is 30.2. The number of rotatable bonds is 9. The fraction of sp³-hybridized carbons (Fsp3) is 0.160. The average molecular weight is 538 g/mol. The van der Waals surface area contributed by atoms with Crippen LogP contribution in [0.25, 0.3) is 5.57 Å². The number of nitro groups is 1. The Morgan fingerprint density at radius 1 is 1.13 bits per heavy atom. The van der Waals surface area contributed by atoms with Gasteiger partial charge in [-0.25, -0.2) is 13.4 Å². The Morgan fingerprint density at radius 3 is 2.45 bits per heavy atom. The number of carboxylic acids is 1. The Kier molecular flexibility index (Phi) is 7.23. The first-order chi connectivity index (χ1) is 18.0. The topological polar surface area (TPSA) is 185 Å². The predicted octanol–water partition coefficient (Wildman–Crippen LogP) is 3.07. The first-order valence-electron chi connectivity index (χ1n) is 11.3. The van der Waals surface area contributed by atoms with Gasteiger partial charge in [0.2, 0.25) is 5.95 Å². The minimum atomic E-state index is -4.12. The molecule has 38 heavy (non-hydrogen) atoms. The average Bonchev–Trinajstić information content (AvgIpc) is 2.89. The van der Waals surface area contributed by atoms with Gasteiger partial charge < -0.3 is 15.5 Å². The van der Waals surface area contributed by atoms with Gasteiger partial charge in [-0.05, 0) is 42.3 Å². The van der Waals surface area contributed by atoms with E-state index in [1.807, 2.05) is 30.3 Å². The van der Waals surface area contributed by atoms with E-state index >= 15 is 0 Å².